The second-order valence-electron chi connectivity index (χ2n) is 4.07. The topological polar surface area (TPSA) is 15.3 Å². The van der Waals surface area contributed by atoms with Crippen molar-refractivity contribution in [2.45, 2.75) is 0 Å². The second kappa shape index (κ2) is 4.30. The number of nitrogens with zero attached hydrogens (tertiary/aromatic N) is 1. The fourth-order valence-corrected chi connectivity index (χ4v) is 2.30. The van der Waals surface area contributed by atoms with Gasteiger partial charge < -0.3 is 10.2 Å². The van der Waals surface area contributed by atoms with E-state index in [-0.39, 0.29) is 0 Å². The third-order valence-corrected chi connectivity index (χ3v) is 3.24. The number of benzene rings is 2. The molecule has 17 heavy (non-hydrogen) atoms. The molecule has 3 heteroatoms. The zero-order valence-electron chi connectivity index (χ0n) is 9.36. The summed E-state index contributed by atoms with van der Waals surface area (Å²) in [5.41, 5.74) is 3.60. The largest absolute Gasteiger partial charge is 0.382 e. The minimum atomic E-state index is 0.775. The highest BCUT2D eigenvalue weighted by molar-refractivity contribution is 6.30. The number of halogens is 1. The van der Waals surface area contributed by atoms with E-state index in [2.05, 4.69) is 46.6 Å². The minimum Gasteiger partial charge on any atom is -0.382 e. The van der Waals surface area contributed by atoms with Crippen LogP contribution < -0.4 is 10.2 Å². The Bertz CT molecular complexity index is 522. The smallest absolute Gasteiger partial charge is 0.0647 e. The number of para-hydroxylation sites is 2. The molecule has 0 aliphatic carbocycles. The molecule has 0 unspecified atom stereocenters. The van der Waals surface area contributed by atoms with Crippen LogP contribution in [0.25, 0.3) is 0 Å². The van der Waals surface area contributed by atoms with Crippen molar-refractivity contribution in [3.63, 3.8) is 0 Å². The van der Waals surface area contributed by atoms with Crippen LogP contribution >= 0.6 is 11.6 Å². The van der Waals surface area contributed by atoms with Gasteiger partial charge in [0.05, 0.1) is 11.4 Å². The van der Waals surface area contributed by atoms with Gasteiger partial charge in [0, 0.05) is 23.8 Å². The van der Waals surface area contributed by atoms with Crippen molar-refractivity contribution in [3.8, 4) is 0 Å². The van der Waals surface area contributed by atoms with Crippen LogP contribution in [0.5, 0.6) is 0 Å². The molecule has 0 atom stereocenters. The molecule has 0 saturated carbocycles. The molecule has 0 saturated heterocycles. The highest BCUT2D eigenvalue weighted by Gasteiger charge is 2.16. The predicted molar refractivity (Wildman–Crippen MR) is 73.4 cm³/mol. The van der Waals surface area contributed by atoms with Crippen molar-refractivity contribution in [1.29, 1.82) is 0 Å². The lowest BCUT2D eigenvalue weighted by atomic mass is 10.1. The Labute approximate surface area is 106 Å². The van der Waals surface area contributed by atoms with Crippen LogP contribution in [0.1, 0.15) is 0 Å². The van der Waals surface area contributed by atoms with Gasteiger partial charge in [-0.3, -0.25) is 0 Å². The molecule has 86 valence electrons. The summed E-state index contributed by atoms with van der Waals surface area (Å²) in [6.45, 7) is 1.93. The minimum absolute atomic E-state index is 0.775. The highest BCUT2D eigenvalue weighted by atomic mass is 35.5. The van der Waals surface area contributed by atoms with Crippen LogP contribution in [0, 0.1) is 0 Å². The first kappa shape index (κ1) is 10.5. The van der Waals surface area contributed by atoms with E-state index in [0.717, 1.165) is 18.1 Å². The van der Waals surface area contributed by atoms with E-state index < -0.39 is 0 Å². The molecule has 0 bridgehead atoms. The van der Waals surface area contributed by atoms with Gasteiger partial charge >= 0.3 is 0 Å². The molecule has 1 heterocycles. The molecule has 0 spiro atoms. The summed E-state index contributed by atoms with van der Waals surface area (Å²) in [5.74, 6) is 0. The molecule has 1 aliphatic rings. The van der Waals surface area contributed by atoms with Gasteiger partial charge in [-0.05, 0) is 36.4 Å². The fourth-order valence-electron chi connectivity index (χ4n) is 2.17. The quantitative estimate of drug-likeness (QED) is 0.818. The lowest BCUT2D eigenvalue weighted by Crippen LogP contribution is -2.29. The standard InChI is InChI=1S/C14H13ClN2/c15-11-5-7-12(8-6-11)17-10-9-16-13-3-1-2-4-14(13)17/h1-8,16H,9-10H2. The Balaban J connectivity index is 2.03. The molecule has 1 aliphatic heterocycles. The molecule has 0 amide bonds. The Hall–Kier alpha value is -1.67. The number of hydrogen-bond acceptors (Lipinski definition) is 2. The van der Waals surface area contributed by atoms with E-state index in [0.29, 0.717) is 0 Å². The van der Waals surface area contributed by atoms with E-state index in [1.807, 2.05) is 12.1 Å². The van der Waals surface area contributed by atoms with Crippen LogP contribution in [0.4, 0.5) is 17.1 Å². The van der Waals surface area contributed by atoms with Crippen LogP contribution in [0.3, 0.4) is 0 Å². The van der Waals surface area contributed by atoms with Gasteiger partial charge in [-0.15, -0.1) is 0 Å². The van der Waals surface area contributed by atoms with Crippen molar-refractivity contribution in [2.75, 3.05) is 23.3 Å². The normalized spacial score (nSPS) is 14.1. The van der Waals surface area contributed by atoms with Gasteiger partial charge in [-0.25, -0.2) is 0 Å². The average molecular weight is 245 g/mol. The molecule has 1 N–H and O–H groups in total. The van der Waals surface area contributed by atoms with E-state index in [1.165, 1.54) is 17.1 Å². The van der Waals surface area contributed by atoms with Crippen LogP contribution in [0.15, 0.2) is 48.5 Å². The number of fused-ring (bicyclic) bond motifs is 1. The number of rotatable bonds is 1. The Morgan fingerprint density at radius 2 is 1.76 bits per heavy atom. The molecule has 0 fully saturated rings. The Morgan fingerprint density at radius 1 is 1.00 bits per heavy atom. The van der Waals surface area contributed by atoms with Crippen molar-refractivity contribution in [2.24, 2.45) is 0 Å². The number of hydrogen-bond donors (Lipinski definition) is 1. The molecular weight excluding hydrogens is 232 g/mol. The molecule has 2 nitrogen and oxygen atoms in total. The maximum atomic E-state index is 5.92. The Morgan fingerprint density at radius 3 is 2.59 bits per heavy atom. The summed E-state index contributed by atoms with van der Waals surface area (Å²) >= 11 is 5.92. The van der Waals surface area contributed by atoms with Crippen molar-refractivity contribution in [1.82, 2.24) is 0 Å². The summed E-state index contributed by atoms with van der Waals surface area (Å²) in [7, 11) is 0. The van der Waals surface area contributed by atoms with Gasteiger partial charge in [-0.2, -0.15) is 0 Å². The summed E-state index contributed by atoms with van der Waals surface area (Å²) in [4.78, 5) is 2.31. The zero-order chi connectivity index (χ0) is 11.7. The van der Waals surface area contributed by atoms with Crippen LogP contribution in [0.2, 0.25) is 5.02 Å². The maximum Gasteiger partial charge on any atom is 0.0647 e. The average Bonchev–Trinajstić information content (AvgIpc) is 2.39. The van der Waals surface area contributed by atoms with Crippen molar-refractivity contribution >= 4 is 28.7 Å². The maximum absolute atomic E-state index is 5.92. The van der Waals surface area contributed by atoms with Crippen molar-refractivity contribution in [3.05, 3.63) is 53.6 Å². The summed E-state index contributed by atoms with van der Waals surface area (Å²) in [6, 6.07) is 16.3. The second-order valence-corrected chi connectivity index (χ2v) is 4.51. The third-order valence-electron chi connectivity index (χ3n) is 2.98. The molecule has 2 aromatic rings. The SMILES string of the molecule is Clc1ccc(N2CCNc3ccccc32)cc1. The molecular formula is C14H13ClN2. The van der Waals surface area contributed by atoms with Crippen LogP contribution in [-0.4, -0.2) is 13.1 Å². The fraction of sp³-hybridized carbons (Fsp3) is 0.143. The summed E-state index contributed by atoms with van der Waals surface area (Å²) < 4.78 is 0. The first-order chi connectivity index (χ1) is 8.34. The zero-order valence-corrected chi connectivity index (χ0v) is 10.1. The molecule has 2 aromatic carbocycles. The van der Waals surface area contributed by atoms with E-state index in [4.69, 9.17) is 11.6 Å². The van der Waals surface area contributed by atoms with Gasteiger partial charge in [0.1, 0.15) is 0 Å². The summed E-state index contributed by atoms with van der Waals surface area (Å²) in [6.07, 6.45) is 0. The van der Waals surface area contributed by atoms with Gasteiger partial charge in [0.25, 0.3) is 0 Å². The van der Waals surface area contributed by atoms with Gasteiger partial charge in [0.2, 0.25) is 0 Å². The lowest BCUT2D eigenvalue weighted by Gasteiger charge is -2.32. The highest BCUT2D eigenvalue weighted by Crippen LogP contribution is 2.34. The first-order valence-corrected chi connectivity index (χ1v) is 6.08. The first-order valence-electron chi connectivity index (χ1n) is 5.70. The van der Waals surface area contributed by atoms with Crippen LogP contribution in [-0.2, 0) is 0 Å². The van der Waals surface area contributed by atoms with E-state index >= 15 is 0 Å². The lowest BCUT2D eigenvalue weighted by molar-refractivity contribution is 0.927. The number of nitrogens with one attached hydrogen (secondary N) is 1. The monoisotopic (exact) mass is 244 g/mol. The molecule has 0 radical (unpaired) electrons. The number of anilines is 3. The summed E-state index contributed by atoms with van der Waals surface area (Å²) in [5, 5.41) is 4.18. The van der Waals surface area contributed by atoms with E-state index in [9.17, 15) is 0 Å². The third kappa shape index (κ3) is 1.96. The van der Waals surface area contributed by atoms with Gasteiger partial charge in [-0.1, -0.05) is 23.7 Å². The Kier molecular flexibility index (Phi) is 2.65. The molecule has 3 rings (SSSR count). The predicted octanol–water partition coefficient (Wildman–Crippen LogP) is 3.90. The van der Waals surface area contributed by atoms with Crippen molar-refractivity contribution < 1.29 is 0 Å². The van der Waals surface area contributed by atoms with Gasteiger partial charge in [0.15, 0.2) is 0 Å². The van der Waals surface area contributed by atoms with E-state index in [1.54, 1.807) is 0 Å². The molecule has 0 aromatic heterocycles.